The molecule has 0 fully saturated rings. The Labute approximate surface area is 575 Å². The number of aliphatic hydroxyl groups excluding tert-OH is 1. The van der Waals surface area contributed by atoms with Crippen molar-refractivity contribution in [2.24, 2.45) is 5.92 Å². The van der Waals surface area contributed by atoms with Crippen molar-refractivity contribution < 1.29 is 80.2 Å². The highest BCUT2D eigenvalue weighted by atomic mass is 31.2. The van der Waals surface area contributed by atoms with Crippen LogP contribution in [0.5, 0.6) is 0 Å². The van der Waals surface area contributed by atoms with Gasteiger partial charge in [0.2, 0.25) is 0 Å². The van der Waals surface area contributed by atoms with Gasteiger partial charge in [-0.2, -0.15) is 0 Å². The van der Waals surface area contributed by atoms with Crippen LogP contribution in [0.3, 0.4) is 0 Å². The number of phosphoric acid groups is 2. The van der Waals surface area contributed by atoms with Crippen molar-refractivity contribution in [2.45, 2.75) is 412 Å². The van der Waals surface area contributed by atoms with E-state index in [-0.39, 0.29) is 25.7 Å². The molecule has 5 atom stereocenters. The van der Waals surface area contributed by atoms with E-state index in [1.54, 1.807) is 0 Å². The van der Waals surface area contributed by atoms with Gasteiger partial charge in [0.15, 0.2) is 12.2 Å². The molecule has 0 aliphatic carbocycles. The normalized spacial score (nSPS) is 14.0. The summed E-state index contributed by atoms with van der Waals surface area (Å²) < 4.78 is 68.5. The Bertz CT molecular complexity index is 1810. The van der Waals surface area contributed by atoms with Crippen LogP contribution in [0.15, 0.2) is 0 Å². The summed E-state index contributed by atoms with van der Waals surface area (Å²) in [5, 5.41) is 10.6. The van der Waals surface area contributed by atoms with E-state index >= 15 is 0 Å². The SMILES string of the molecule is CCCCCCCCCCCCCCCCCCCC(=O)O[C@H](COC(=O)CCCCCCCCCCCCCCCC)COP(=O)(O)OC[C@@H](O)COP(=O)(O)OC[C@@H](COC(=O)CCCCCCCCCCCC)OC(=O)CCCCCCCCCCCCC(C)C. The fourth-order valence-corrected chi connectivity index (χ4v) is 13.1. The molecule has 0 amide bonds. The van der Waals surface area contributed by atoms with Crippen LogP contribution >= 0.6 is 15.6 Å². The van der Waals surface area contributed by atoms with Crippen molar-refractivity contribution in [3.8, 4) is 0 Å². The van der Waals surface area contributed by atoms with Crippen molar-refractivity contribution >= 4 is 39.5 Å². The Hall–Kier alpha value is -1.94. The average Bonchev–Trinajstić information content (AvgIpc) is 1.45. The van der Waals surface area contributed by atoms with Crippen molar-refractivity contribution in [3.05, 3.63) is 0 Å². The Morgan fingerprint density at radius 3 is 0.723 bits per heavy atom. The molecule has 0 heterocycles. The lowest BCUT2D eigenvalue weighted by molar-refractivity contribution is -0.161. The van der Waals surface area contributed by atoms with Gasteiger partial charge in [-0.25, -0.2) is 9.13 Å². The lowest BCUT2D eigenvalue weighted by Gasteiger charge is -2.21. The molecule has 0 aliphatic rings. The second kappa shape index (κ2) is 68.2. The van der Waals surface area contributed by atoms with Crippen LogP contribution in [0.4, 0.5) is 0 Å². The number of hydrogen-bond acceptors (Lipinski definition) is 15. The summed E-state index contributed by atoms with van der Waals surface area (Å²) in [6, 6.07) is 0. The molecule has 2 unspecified atom stereocenters. The second-order valence-corrected chi connectivity index (χ2v) is 30.4. The highest BCUT2D eigenvalue weighted by Gasteiger charge is 2.30. The minimum Gasteiger partial charge on any atom is -0.462 e. The molecule has 17 nitrogen and oxygen atoms in total. The van der Waals surface area contributed by atoms with E-state index in [9.17, 15) is 43.2 Å². The van der Waals surface area contributed by atoms with Gasteiger partial charge < -0.3 is 33.8 Å². The van der Waals surface area contributed by atoms with Gasteiger partial charge in [0.1, 0.15) is 19.3 Å². The highest BCUT2D eigenvalue weighted by Crippen LogP contribution is 2.45. The molecule has 0 saturated carbocycles. The van der Waals surface area contributed by atoms with Gasteiger partial charge in [-0.15, -0.1) is 0 Å². The van der Waals surface area contributed by atoms with Gasteiger partial charge in [-0.1, -0.05) is 343 Å². The van der Waals surface area contributed by atoms with Crippen LogP contribution in [-0.4, -0.2) is 96.7 Å². The zero-order chi connectivity index (χ0) is 69.1. The number of ether oxygens (including phenoxy) is 4. The predicted molar refractivity (Wildman–Crippen MR) is 382 cm³/mol. The van der Waals surface area contributed by atoms with E-state index in [1.807, 2.05) is 0 Å². The van der Waals surface area contributed by atoms with Gasteiger partial charge in [0.05, 0.1) is 26.4 Å². The predicted octanol–water partition coefficient (Wildman–Crippen LogP) is 22.1. The molecule has 19 heteroatoms. The van der Waals surface area contributed by atoms with Gasteiger partial charge in [-0.3, -0.25) is 37.3 Å². The quantitative estimate of drug-likeness (QED) is 0.0222. The van der Waals surface area contributed by atoms with Gasteiger partial charge >= 0.3 is 39.5 Å². The molecule has 0 radical (unpaired) electrons. The number of hydrogen-bond donors (Lipinski definition) is 3. The Kier molecular flexibility index (Phi) is 66.8. The molecule has 0 saturated heterocycles. The summed E-state index contributed by atoms with van der Waals surface area (Å²) in [6.45, 7) is 7.28. The summed E-state index contributed by atoms with van der Waals surface area (Å²) in [6.07, 6.45) is 56.7. The van der Waals surface area contributed by atoms with Crippen LogP contribution in [0, 0.1) is 5.92 Å². The molecule has 94 heavy (non-hydrogen) atoms. The minimum absolute atomic E-state index is 0.106. The zero-order valence-corrected chi connectivity index (χ0v) is 62.9. The van der Waals surface area contributed by atoms with Gasteiger partial charge in [0, 0.05) is 25.7 Å². The maximum Gasteiger partial charge on any atom is 0.472 e. The van der Waals surface area contributed by atoms with Crippen molar-refractivity contribution in [1.82, 2.24) is 0 Å². The van der Waals surface area contributed by atoms with Crippen LogP contribution < -0.4 is 0 Å². The van der Waals surface area contributed by atoms with E-state index in [4.69, 9.17) is 37.0 Å². The minimum atomic E-state index is -4.96. The third kappa shape index (κ3) is 68.6. The smallest absolute Gasteiger partial charge is 0.462 e. The Morgan fingerprint density at radius 1 is 0.287 bits per heavy atom. The number of esters is 4. The van der Waals surface area contributed by atoms with Crippen LogP contribution in [0.25, 0.3) is 0 Å². The third-order valence-corrected chi connectivity index (χ3v) is 19.4. The molecule has 3 N–H and O–H groups in total. The lowest BCUT2D eigenvalue weighted by Crippen LogP contribution is -2.30. The van der Waals surface area contributed by atoms with E-state index in [0.29, 0.717) is 25.7 Å². The summed E-state index contributed by atoms with van der Waals surface area (Å²) in [5.41, 5.74) is 0. The molecule has 0 aromatic heterocycles. The summed E-state index contributed by atoms with van der Waals surface area (Å²) in [5.74, 6) is -1.36. The zero-order valence-electron chi connectivity index (χ0n) is 61.1. The first kappa shape index (κ1) is 92.1. The first-order chi connectivity index (χ1) is 45.5. The fraction of sp³-hybridized carbons (Fsp3) is 0.947. The lowest BCUT2D eigenvalue weighted by atomic mass is 10.0. The molecule has 0 bridgehead atoms. The van der Waals surface area contributed by atoms with E-state index < -0.39 is 97.5 Å². The van der Waals surface area contributed by atoms with Crippen LogP contribution in [0.1, 0.15) is 394 Å². The molecule has 0 aromatic carbocycles. The van der Waals surface area contributed by atoms with Crippen LogP contribution in [0.2, 0.25) is 0 Å². The largest absolute Gasteiger partial charge is 0.472 e. The van der Waals surface area contributed by atoms with Crippen molar-refractivity contribution in [1.29, 1.82) is 0 Å². The molecular weight excluding hydrogens is 1230 g/mol. The fourth-order valence-electron chi connectivity index (χ4n) is 11.5. The molecule has 0 aliphatic heterocycles. The molecule has 558 valence electrons. The second-order valence-electron chi connectivity index (χ2n) is 27.5. The Morgan fingerprint density at radius 2 is 0.489 bits per heavy atom. The molecule has 0 aromatic rings. The number of phosphoric ester groups is 2. The third-order valence-electron chi connectivity index (χ3n) is 17.5. The Balaban J connectivity index is 5.24. The van der Waals surface area contributed by atoms with Crippen molar-refractivity contribution in [2.75, 3.05) is 39.6 Å². The summed E-state index contributed by atoms with van der Waals surface area (Å²) in [4.78, 5) is 72.8. The molecule has 0 spiro atoms. The monoisotopic (exact) mass is 1380 g/mol. The number of unbranched alkanes of at least 4 members (excludes halogenated alkanes) is 47. The maximum atomic E-state index is 13.1. The standard InChI is InChI=1S/C75H146O17P2/c1-6-9-12-15-18-21-24-26-28-29-30-32-34-40-45-50-55-60-74(79)91-71(65-86-73(78)59-54-49-44-39-33-31-27-25-22-19-16-13-10-7-2)67-90-94(83,84)88-63-69(76)62-87-93(81,82)89-66-70(64-85-72(77)58-53-48-43-38-23-20-17-14-11-8-3)92-75(80)61-56-51-46-41-36-35-37-42-47-52-57-68(4)5/h68-71,76H,6-67H2,1-5H3,(H,81,82)(H,83,84)/t69-,70+,71+/m0/s1. The summed E-state index contributed by atoms with van der Waals surface area (Å²) in [7, 11) is -9.91. The first-order valence-electron chi connectivity index (χ1n) is 39.1. The topological polar surface area (TPSA) is 237 Å². The molecular formula is C75H146O17P2. The number of aliphatic hydroxyl groups is 1. The average molecular weight is 1380 g/mol. The first-order valence-corrected chi connectivity index (χ1v) is 42.1. The number of carbonyl (C=O) groups is 4. The number of carbonyl (C=O) groups excluding carboxylic acids is 4. The summed E-state index contributed by atoms with van der Waals surface area (Å²) >= 11 is 0. The number of rotatable bonds is 75. The van der Waals surface area contributed by atoms with Gasteiger partial charge in [-0.05, 0) is 31.6 Å². The van der Waals surface area contributed by atoms with Crippen LogP contribution in [-0.2, 0) is 65.4 Å². The van der Waals surface area contributed by atoms with E-state index in [2.05, 4.69) is 34.6 Å². The van der Waals surface area contributed by atoms with E-state index in [0.717, 1.165) is 95.8 Å². The maximum absolute atomic E-state index is 13.1. The highest BCUT2D eigenvalue weighted by molar-refractivity contribution is 7.47. The van der Waals surface area contributed by atoms with Crippen molar-refractivity contribution in [3.63, 3.8) is 0 Å². The van der Waals surface area contributed by atoms with E-state index in [1.165, 1.54) is 218 Å². The van der Waals surface area contributed by atoms with Gasteiger partial charge in [0.25, 0.3) is 0 Å². The molecule has 0 rings (SSSR count).